The smallest absolute Gasteiger partial charge is 0.237 e. The maximum Gasteiger partial charge on any atom is 0.237 e. The van der Waals surface area contributed by atoms with Gasteiger partial charge in [-0.3, -0.25) is 10.8 Å². The molecular formula is C22H17BrN6O. The molecule has 0 fully saturated rings. The van der Waals surface area contributed by atoms with Gasteiger partial charge in [-0.1, -0.05) is 36.4 Å². The Morgan fingerprint density at radius 3 is 2.50 bits per heavy atom. The van der Waals surface area contributed by atoms with E-state index in [-0.39, 0.29) is 11.3 Å². The Morgan fingerprint density at radius 2 is 1.73 bits per heavy atom. The fourth-order valence-corrected chi connectivity index (χ4v) is 3.03. The van der Waals surface area contributed by atoms with Gasteiger partial charge in [-0.05, 0) is 45.8 Å². The topological polar surface area (TPSA) is 101 Å². The number of halogens is 1. The highest BCUT2D eigenvalue weighted by atomic mass is 79.9. The molecule has 0 radical (unpaired) electrons. The van der Waals surface area contributed by atoms with Crippen LogP contribution in [0.2, 0.25) is 0 Å². The highest BCUT2D eigenvalue weighted by Gasteiger charge is 2.09. The molecule has 0 saturated heterocycles. The van der Waals surface area contributed by atoms with Crippen LogP contribution in [0.4, 0.5) is 0 Å². The fraction of sp³-hybridized carbons (Fsp3) is 0.0455. The number of aromatic nitrogens is 4. The summed E-state index contributed by atoms with van der Waals surface area (Å²) in [6, 6.07) is 20.1. The average molecular weight is 461 g/mol. The zero-order valence-corrected chi connectivity index (χ0v) is 17.4. The van der Waals surface area contributed by atoms with Gasteiger partial charge in [-0.2, -0.15) is 4.68 Å². The van der Waals surface area contributed by atoms with Crippen molar-refractivity contribution in [3.8, 4) is 23.0 Å². The molecule has 2 heterocycles. The Morgan fingerprint density at radius 1 is 0.967 bits per heavy atom. The number of ether oxygens (including phenoxy) is 1. The summed E-state index contributed by atoms with van der Waals surface area (Å²) >= 11 is 3.33. The van der Waals surface area contributed by atoms with E-state index in [2.05, 4.69) is 31.0 Å². The molecule has 30 heavy (non-hydrogen) atoms. The minimum atomic E-state index is 0.104. The van der Waals surface area contributed by atoms with Gasteiger partial charge in [0.15, 0.2) is 5.82 Å². The molecule has 4 rings (SSSR count). The summed E-state index contributed by atoms with van der Waals surface area (Å²) in [4.78, 5) is 8.63. The first-order valence-electron chi connectivity index (χ1n) is 9.11. The maximum absolute atomic E-state index is 8.48. The zero-order valence-electron chi connectivity index (χ0n) is 15.8. The molecule has 2 aromatic carbocycles. The minimum absolute atomic E-state index is 0.104. The van der Waals surface area contributed by atoms with Crippen molar-refractivity contribution >= 4 is 21.8 Å². The summed E-state index contributed by atoms with van der Waals surface area (Å²) in [6.45, 7) is 0. The number of hydrogen-bond donors (Lipinski definition) is 2. The molecule has 2 aromatic heterocycles. The SMILES string of the molecule is N=C(Cc1cccc(-c2ncc(Br)cn2)c1)n1nc(Oc2ccccc2)ccc1=N. The lowest BCUT2D eigenvalue weighted by molar-refractivity contribution is 0.447. The predicted octanol–water partition coefficient (Wildman–Crippen LogP) is 4.44. The normalized spacial score (nSPS) is 10.6. The molecule has 8 heteroatoms. The second-order valence-corrected chi connectivity index (χ2v) is 7.35. The minimum Gasteiger partial charge on any atom is -0.438 e. The van der Waals surface area contributed by atoms with Crippen molar-refractivity contribution in [1.82, 2.24) is 19.7 Å². The Hall–Kier alpha value is -3.65. The lowest BCUT2D eigenvalue weighted by atomic mass is 10.1. The molecule has 0 atom stereocenters. The van der Waals surface area contributed by atoms with Gasteiger partial charge < -0.3 is 4.74 Å². The summed E-state index contributed by atoms with van der Waals surface area (Å²) in [5.74, 6) is 1.73. The van der Waals surface area contributed by atoms with E-state index in [9.17, 15) is 0 Å². The molecule has 0 amide bonds. The van der Waals surface area contributed by atoms with Gasteiger partial charge in [0, 0.05) is 30.4 Å². The number of nitrogens with one attached hydrogen (secondary N) is 2. The maximum atomic E-state index is 8.48. The third kappa shape index (κ3) is 4.66. The van der Waals surface area contributed by atoms with Crippen LogP contribution in [0.15, 0.2) is 83.6 Å². The molecule has 0 spiro atoms. The Labute approximate surface area is 181 Å². The van der Waals surface area contributed by atoms with Crippen molar-refractivity contribution in [3.05, 3.63) is 94.6 Å². The largest absolute Gasteiger partial charge is 0.438 e. The summed E-state index contributed by atoms with van der Waals surface area (Å²) in [5.41, 5.74) is 1.86. The molecule has 7 nitrogen and oxygen atoms in total. The van der Waals surface area contributed by atoms with Gasteiger partial charge in [0.1, 0.15) is 17.1 Å². The molecule has 0 bridgehead atoms. The van der Waals surface area contributed by atoms with E-state index in [1.165, 1.54) is 4.68 Å². The number of nitrogens with zero attached hydrogens (tertiary/aromatic N) is 4. The fourth-order valence-electron chi connectivity index (χ4n) is 2.83. The second kappa shape index (κ2) is 8.79. The van der Waals surface area contributed by atoms with Crippen molar-refractivity contribution in [3.63, 3.8) is 0 Å². The molecule has 0 aliphatic rings. The van der Waals surface area contributed by atoms with Crippen LogP contribution in [0.5, 0.6) is 11.6 Å². The van der Waals surface area contributed by atoms with Crippen molar-refractivity contribution in [2.75, 3.05) is 0 Å². The van der Waals surface area contributed by atoms with Gasteiger partial charge in [-0.25, -0.2) is 9.97 Å². The number of rotatable bonds is 5. The average Bonchev–Trinajstić information content (AvgIpc) is 2.76. The van der Waals surface area contributed by atoms with Crippen LogP contribution in [0.3, 0.4) is 0 Å². The standard InChI is InChI=1S/C22H17BrN6O/c23-17-13-26-22(27-14-17)16-6-4-5-15(11-16)12-20(25)29-19(24)9-10-21(28-29)30-18-7-2-1-3-8-18/h1-11,13-14,24-25H,12H2. The lowest BCUT2D eigenvalue weighted by Gasteiger charge is -2.11. The van der Waals surface area contributed by atoms with Gasteiger partial charge >= 0.3 is 0 Å². The third-order valence-corrected chi connectivity index (χ3v) is 4.62. The predicted molar refractivity (Wildman–Crippen MR) is 117 cm³/mol. The lowest BCUT2D eigenvalue weighted by Crippen LogP contribution is -2.30. The van der Waals surface area contributed by atoms with Crippen LogP contribution < -0.4 is 10.2 Å². The van der Waals surface area contributed by atoms with Crippen molar-refractivity contribution in [2.24, 2.45) is 0 Å². The van der Waals surface area contributed by atoms with E-state index < -0.39 is 0 Å². The van der Waals surface area contributed by atoms with Crippen LogP contribution >= 0.6 is 15.9 Å². The summed E-state index contributed by atoms with van der Waals surface area (Å²) in [5, 5.41) is 20.9. The molecule has 4 aromatic rings. The van der Waals surface area contributed by atoms with Gasteiger partial charge in [0.2, 0.25) is 5.88 Å². The van der Waals surface area contributed by atoms with Crippen LogP contribution in [0, 0.1) is 10.8 Å². The van der Waals surface area contributed by atoms with Gasteiger partial charge in [0.05, 0.1) is 4.47 Å². The van der Waals surface area contributed by atoms with E-state index in [0.717, 1.165) is 15.6 Å². The van der Waals surface area contributed by atoms with Crippen molar-refractivity contribution < 1.29 is 4.74 Å². The van der Waals surface area contributed by atoms with E-state index in [4.69, 9.17) is 15.6 Å². The number of hydrogen-bond acceptors (Lipinski definition) is 6. The number of benzene rings is 2. The zero-order chi connectivity index (χ0) is 20.9. The summed E-state index contributed by atoms with van der Waals surface area (Å²) in [6.07, 6.45) is 3.69. The van der Waals surface area contributed by atoms with Crippen LogP contribution in [-0.4, -0.2) is 25.6 Å². The molecule has 0 aliphatic carbocycles. The molecule has 0 saturated carbocycles. The molecule has 0 aliphatic heterocycles. The summed E-state index contributed by atoms with van der Waals surface area (Å²) in [7, 11) is 0. The third-order valence-electron chi connectivity index (χ3n) is 4.21. The Bertz CT molecular complexity index is 1240. The van der Waals surface area contributed by atoms with E-state index >= 15 is 0 Å². The van der Waals surface area contributed by atoms with Crippen LogP contribution in [0.1, 0.15) is 5.56 Å². The molecule has 148 valence electrons. The monoisotopic (exact) mass is 460 g/mol. The molecule has 2 N–H and O–H groups in total. The quantitative estimate of drug-likeness (QED) is 0.339. The first-order chi connectivity index (χ1) is 14.6. The van der Waals surface area contributed by atoms with Crippen LogP contribution in [0.25, 0.3) is 11.4 Å². The first-order valence-corrected chi connectivity index (χ1v) is 9.90. The highest BCUT2D eigenvalue weighted by molar-refractivity contribution is 9.10. The van der Waals surface area contributed by atoms with E-state index in [1.54, 1.807) is 24.5 Å². The van der Waals surface area contributed by atoms with E-state index in [1.807, 2.05) is 54.6 Å². The second-order valence-electron chi connectivity index (χ2n) is 6.43. The molecule has 0 unspecified atom stereocenters. The van der Waals surface area contributed by atoms with Gasteiger partial charge in [0.25, 0.3) is 0 Å². The Kier molecular flexibility index (Phi) is 5.76. The van der Waals surface area contributed by atoms with Gasteiger partial charge in [-0.15, -0.1) is 5.10 Å². The molecular weight excluding hydrogens is 444 g/mol. The highest BCUT2D eigenvalue weighted by Crippen LogP contribution is 2.19. The first kappa shape index (κ1) is 19.7. The Balaban J connectivity index is 1.55. The summed E-state index contributed by atoms with van der Waals surface area (Å²) < 4.78 is 7.81. The number of para-hydroxylation sites is 1. The van der Waals surface area contributed by atoms with Crippen molar-refractivity contribution in [2.45, 2.75) is 6.42 Å². The van der Waals surface area contributed by atoms with E-state index in [0.29, 0.717) is 23.9 Å². The van der Waals surface area contributed by atoms with Crippen LogP contribution in [-0.2, 0) is 6.42 Å². The van der Waals surface area contributed by atoms with Crippen molar-refractivity contribution in [1.29, 1.82) is 10.8 Å².